The largest absolute Gasteiger partial charge is 0.258 e. The molecule has 0 aliphatic heterocycles. The van der Waals surface area contributed by atoms with Crippen LogP contribution in [0, 0.1) is 6.92 Å². The summed E-state index contributed by atoms with van der Waals surface area (Å²) in [6.45, 7) is 6.54. The summed E-state index contributed by atoms with van der Waals surface area (Å²) < 4.78 is 0. The van der Waals surface area contributed by atoms with Crippen molar-refractivity contribution in [3.8, 4) is 11.1 Å². The highest BCUT2D eigenvalue weighted by atomic mass is 14.7. The Labute approximate surface area is 110 Å². The van der Waals surface area contributed by atoms with Crippen LogP contribution in [0.3, 0.4) is 0 Å². The van der Waals surface area contributed by atoms with Crippen LogP contribution in [-0.4, -0.2) is 4.98 Å². The highest BCUT2D eigenvalue weighted by Gasteiger charge is 2.09. The molecule has 2 rings (SSSR count). The van der Waals surface area contributed by atoms with Gasteiger partial charge in [-0.05, 0) is 42.5 Å². The molecule has 94 valence electrons. The molecule has 0 N–H and O–H groups in total. The van der Waals surface area contributed by atoms with Gasteiger partial charge in [0.15, 0.2) is 0 Å². The number of nitrogens with zero attached hydrogens (tertiary/aromatic N) is 1. The van der Waals surface area contributed by atoms with Crippen LogP contribution >= 0.6 is 0 Å². The topological polar surface area (TPSA) is 12.9 Å². The van der Waals surface area contributed by atoms with Crippen molar-refractivity contribution in [3.63, 3.8) is 0 Å². The average molecular weight is 239 g/mol. The van der Waals surface area contributed by atoms with Crippen molar-refractivity contribution < 1.29 is 0 Å². The maximum Gasteiger partial charge on any atom is 0.0414 e. The van der Waals surface area contributed by atoms with E-state index in [1.54, 1.807) is 0 Å². The lowest BCUT2D eigenvalue weighted by Gasteiger charge is -2.13. The first-order valence-electron chi connectivity index (χ1n) is 6.81. The van der Waals surface area contributed by atoms with E-state index in [4.69, 9.17) is 4.98 Å². The molecule has 0 aliphatic rings. The fraction of sp³-hybridized carbons (Fsp3) is 0.353. The number of rotatable bonds is 4. The quantitative estimate of drug-likeness (QED) is 0.761. The van der Waals surface area contributed by atoms with E-state index in [2.05, 4.69) is 57.2 Å². The zero-order chi connectivity index (χ0) is 13.0. The zero-order valence-electron chi connectivity index (χ0n) is 11.5. The molecule has 1 aromatic heterocycles. The molecule has 0 bridgehead atoms. The standard InChI is InChI=1S/C17H21N/c1-4-9-15-12-17(14-10-7-6-8-11-14)16(5-2)13(3)18-15/h6-8,10-12H,4-5,9H2,1-3H3. The highest BCUT2D eigenvalue weighted by Crippen LogP contribution is 2.27. The van der Waals surface area contributed by atoms with E-state index in [1.165, 1.54) is 28.1 Å². The highest BCUT2D eigenvalue weighted by molar-refractivity contribution is 5.68. The smallest absolute Gasteiger partial charge is 0.0414 e. The van der Waals surface area contributed by atoms with Crippen LogP contribution in [-0.2, 0) is 12.8 Å². The monoisotopic (exact) mass is 239 g/mol. The van der Waals surface area contributed by atoms with E-state index in [1.807, 2.05) is 0 Å². The predicted molar refractivity (Wildman–Crippen MR) is 77.8 cm³/mol. The second-order valence-corrected chi connectivity index (χ2v) is 4.69. The summed E-state index contributed by atoms with van der Waals surface area (Å²) in [5.41, 5.74) is 6.43. The Balaban J connectivity index is 2.56. The molecule has 2 aromatic rings. The average Bonchev–Trinajstić information content (AvgIpc) is 2.39. The van der Waals surface area contributed by atoms with Crippen molar-refractivity contribution in [2.75, 3.05) is 0 Å². The Hall–Kier alpha value is -1.63. The van der Waals surface area contributed by atoms with Crippen molar-refractivity contribution in [3.05, 3.63) is 53.3 Å². The summed E-state index contributed by atoms with van der Waals surface area (Å²) in [6, 6.07) is 12.9. The van der Waals surface area contributed by atoms with Crippen LogP contribution in [0.15, 0.2) is 36.4 Å². The van der Waals surface area contributed by atoms with Crippen molar-refractivity contribution in [1.82, 2.24) is 4.98 Å². The van der Waals surface area contributed by atoms with E-state index in [0.717, 1.165) is 19.3 Å². The number of hydrogen-bond acceptors (Lipinski definition) is 1. The van der Waals surface area contributed by atoms with Gasteiger partial charge in [-0.25, -0.2) is 0 Å². The fourth-order valence-corrected chi connectivity index (χ4v) is 2.47. The Morgan fingerprint density at radius 2 is 1.78 bits per heavy atom. The Bertz CT molecular complexity index is 515. The number of pyridine rings is 1. The van der Waals surface area contributed by atoms with E-state index in [-0.39, 0.29) is 0 Å². The molecule has 0 radical (unpaired) electrons. The summed E-state index contributed by atoms with van der Waals surface area (Å²) in [5.74, 6) is 0. The molecular formula is C17H21N. The second kappa shape index (κ2) is 5.81. The molecule has 0 amide bonds. The van der Waals surface area contributed by atoms with Gasteiger partial charge in [0.1, 0.15) is 0 Å². The van der Waals surface area contributed by atoms with Gasteiger partial charge in [0.25, 0.3) is 0 Å². The van der Waals surface area contributed by atoms with E-state index in [9.17, 15) is 0 Å². The lowest BCUT2D eigenvalue weighted by molar-refractivity contribution is 0.867. The molecule has 0 atom stereocenters. The summed E-state index contributed by atoms with van der Waals surface area (Å²) >= 11 is 0. The normalized spacial score (nSPS) is 10.6. The van der Waals surface area contributed by atoms with Crippen LogP contribution in [0.2, 0.25) is 0 Å². The lowest BCUT2D eigenvalue weighted by Crippen LogP contribution is -2.00. The number of aromatic nitrogens is 1. The van der Waals surface area contributed by atoms with Gasteiger partial charge in [0.2, 0.25) is 0 Å². The Morgan fingerprint density at radius 3 is 2.39 bits per heavy atom. The minimum atomic E-state index is 1.04. The summed E-state index contributed by atoms with van der Waals surface area (Å²) in [7, 11) is 0. The number of benzene rings is 1. The van der Waals surface area contributed by atoms with Gasteiger partial charge in [-0.2, -0.15) is 0 Å². The van der Waals surface area contributed by atoms with Crippen LogP contribution in [0.1, 0.15) is 37.2 Å². The molecule has 0 unspecified atom stereocenters. The van der Waals surface area contributed by atoms with E-state index in [0.29, 0.717) is 0 Å². The van der Waals surface area contributed by atoms with Gasteiger partial charge < -0.3 is 0 Å². The van der Waals surface area contributed by atoms with Gasteiger partial charge >= 0.3 is 0 Å². The predicted octanol–water partition coefficient (Wildman–Crippen LogP) is 4.57. The fourth-order valence-electron chi connectivity index (χ4n) is 2.47. The third-order valence-electron chi connectivity index (χ3n) is 3.33. The SMILES string of the molecule is CCCc1cc(-c2ccccc2)c(CC)c(C)n1. The third-order valence-corrected chi connectivity index (χ3v) is 3.33. The minimum absolute atomic E-state index is 1.04. The molecule has 1 nitrogen and oxygen atoms in total. The van der Waals surface area contributed by atoms with Crippen LogP contribution in [0.4, 0.5) is 0 Å². The number of hydrogen-bond donors (Lipinski definition) is 0. The molecular weight excluding hydrogens is 218 g/mol. The molecule has 1 aromatic carbocycles. The molecule has 18 heavy (non-hydrogen) atoms. The molecule has 0 aliphatic carbocycles. The summed E-state index contributed by atoms with van der Waals surface area (Å²) in [6.07, 6.45) is 3.24. The summed E-state index contributed by atoms with van der Waals surface area (Å²) in [4.78, 5) is 4.72. The van der Waals surface area contributed by atoms with Crippen LogP contribution < -0.4 is 0 Å². The van der Waals surface area contributed by atoms with Gasteiger partial charge in [-0.3, -0.25) is 4.98 Å². The molecule has 0 spiro atoms. The molecule has 1 heteroatoms. The lowest BCUT2D eigenvalue weighted by atomic mass is 9.96. The van der Waals surface area contributed by atoms with E-state index < -0.39 is 0 Å². The molecule has 0 saturated carbocycles. The van der Waals surface area contributed by atoms with Gasteiger partial charge in [-0.1, -0.05) is 50.6 Å². The maximum absolute atomic E-state index is 4.72. The van der Waals surface area contributed by atoms with Crippen molar-refractivity contribution in [2.45, 2.75) is 40.0 Å². The van der Waals surface area contributed by atoms with Gasteiger partial charge in [0, 0.05) is 11.4 Å². The Kier molecular flexibility index (Phi) is 4.14. The Morgan fingerprint density at radius 1 is 1.06 bits per heavy atom. The van der Waals surface area contributed by atoms with Crippen molar-refractivity contribution in [2.24, 2.45) is 0 Å². The van der Waals surface area contributed by atoms with Gasteiger partial charge in [-0.15, -0.1) is 0 Å². The third kappa shape index (κ3) is 2.61. The first-order valence-corrected chi connectivity index (χ1v) is 6.81. The number of aryl methyl sites for hydroxylation is 2. The van der Waals surface area contributed by atoms with Crippen molar-refractivity contribution in [1.29, 1.82) is 0 Å². The molecule has 0 saturated heterocycles. The van der Waals surface area contributed by atoms with E-state index >= 15 is 0 Å². The first kappa shape index (κ1) is 12.8. The van der Waals surface area contributed by atoms with Gasteiger partial charge in [0.05, 0.1) is 0 Å². The second-order valence-electron chi connectivity index (χ2n) is 4.69. The van der Waals surface area contributed by atoms with Crippen LogP contribution in [0.5, 0.6) is 0 Å². The minimum Gasteiger partial charge on any atom is -0.258 e. The maximum atomic E-state index is 4.72. The first-order chi connectivity index (χ1) is 8.76. The zero-order valence-corrected chi connectivity index (χ0v) is 11.5. The molecule has 1 heterocycles. The van der Waals surface area contributed by atoms with Crippen LogP contribution in [0.25, 0.3) is 11.1 Å². The van der Waals surface area contributed by atoms with Crippen molar-refractivity contribution >= 4 is 0 Å². The molecule has 0 fully saturated rings. The summed E-state index contributed by atoms with van der Waals surface area (Å²) in [5, 5.41) is 0.